The monoisotopic (exact) mass is 384 g/mol. The number of hydrogen-bond donors (Lipinski definition) is 3. The summed E-state index contributed by atoms with van der Waals surface area (Å²) >= 11 is 1.25. The number of nitrogens with one attached hydrogen (secondary N) is 3. The first-order chi connectivity index (χ1) is 13.2. The molecular weight excluding hydrogens is 368 g/mol. The molecule has 138 valence electrons. The van der Waals surface area contributed by atoms with Crippen LogP contribution in [0.4, 0.5) is 0 Å². The third-order valence-corrected chi connectivity index (χ3v) is 4.71. The standard InChI is InChI=1S/C18H16N4O4S/c23-16(10-27-18-19-11-5-1-2-6-12(11)20-18)21-22-17(24)15-9-25-13-7-3-4-8-14(13)26-15/h1-8,15H,9-10H2,(H,19,20)(H,21,23)(H,22,24)/t15-/m1/s1. The molecule has 3 aromatic rings. The quantitative estimate of drug-likeness (QED) is 0.467. The van der Waals surface area contributed by atoms with Crippen molar-refractivity contribution in [3.8, 4) is 11.5 Å². The molecule has 2 amide bonds. The molecule has 1 aliphatic rings. The number of hydrogen-bond acceptors (Lipinski definition) is 6. The van der Waals surface area contributed by atoms with Crippen molar-refractivity contribution in [2.24, 2.45) is 0 Å². The van der Waals surface area contributed by atoms with E-state index in [1.807, 2.05) is 30.3 Å². The molecule has 0 radical (unpaired) electrons. The van der Waals surface area contributed by atoms with Crippen molar-refractivity contribution in [3.63, 3.8) is 0 Å². The topological polar surface area (TPSA) is 105 Å². The predicted molar refractivity (Wildman–Crippen MR) is 99.5 cm³/mol. The Kier molecular flexibility index (Phi) is 4.84. The van der Waals surface area contributed by atoms with Crippen LogP contribution in [-0.4, -0.2) is 40.2 Å². The summed E-state index contributed by atoms with van der Waals surface area (Å²) in [4.78, 5) is 31.6. The number of para-hydroxylation sites is 4. The Bertz CT molecular complexity index is 957. The second-order valence-electron chi connectivity index (χ2n) is 5.75. The lowest BCUT2D eigenvalue weighted by atomic mass is 10.2. The van der Waals surface area contributed by atoms with E-state index in [0.717, 1.165) is 11.0 Å². The average Bonchev–Trinajstić information content (AvgIpc) is 3.13. The number of aromatic nitrogens is 2. The van der Waals surface area contributed by atoms with Crippen molar-refractivity contribution in [2.75, 3.05) is 12.4 Å². The molecule has 2 aromatic carbocycles. The number of hydrazine groups is 1. The van der Waals surface area contributed by atoms with Crippen molar-refractivity contribution < 1.29 is 19.1 Å². The molecule has 0 saturated carbocycles. The Balaban J connectivity index is 1.25. The van der Waals surface area contributed by atoms with E-state index in [0.29, 0.717) is 16.7 Å². The van der Waals surface area contributed by atoms with E-state index in [2.05, 4.69) is 20.8 Å². The van der Waals surface area contributed by atoms with Crippen LogP contribution in [-0.2, 0) is 9.59 Å². The Morgan fingerprint density at radius 3 is 2.74 bits per heavy atom. The molecular formula is C18H16N4O4S. The Morgan fingerprint density at radius 2 is 1.89 bits per heavy atom. The van der Waals surface area contributed by atoms with E-state index >= 15 is 0 Å². The highest BCUT2D eigenvalue weighted by Gasteiger charge is 2.27. The van der Waals surface area contributed by atoms with Gasteiger partial charge >= 0.3 is 0 Å². The van der Waals surface area contributed by atoms with E-state index in [1.54, 1.807) is 18.2 Å². The number of nitrogens with zero attached hydrogens (tertiary/aromatic N) is 1. The van der Waals surface area contributed by atoms with Gasteiger partial charge in [-0.25, -0.2) is 4.98 Å². The highest BCUT2D eigenvalue weighted by atomic mass is 32.2. The number of amides is 2. The largest absolute Gasteiger partial charge is 0.485 e. The third kappa shape index (κ3) is 3.98. The minimum atomic E-state index is -0.830. The van der Waals surface area contributed by atoms with Gasteiger partial charge in [-0.3, -0.25) is 20.4 Å². The summed E-state index contributed by atoms with van der Waals surface area (Å²) in [6.07, 6.45) is -0.830. The molecule has 9 heteroatoms. The first kappa shape index (κ1) is 17.2. The van der Waals surface area contributed by atoms with Crippen LogP contribution >= 0.6 is 11.8 Å². The number of ether oxygens (including phenoxy) is 2. The highest BCUT2D eigenvalue weighted by molar-refractivity contribution is 7.99. The maximum Gasteiger partial charge on any atom is 0.283 e. The van der Waals surface area contributed by atoms with E-state index in [4.69, 9.17) is 9.47 Å². The van der Waals surface area contributed by atoms with E-state index in [-0.39, 0.29) is 18.3 Å². The van der Waals surface area contributed by atoms with Gasteiger partial charge in [0.1, 0.15) is 6.61 Å². The Morgan fingerprint density at radius 1 is 1.11 bits per heavy atom. The molecule has 8 nitrogen and oxygen atoms in total. The summed E-state index contributed by atoms with van der Waals surface area (Å²) in [6.45, 7) is 0.0758. The number of imidazole rings is 1. The van der Waals surface area contributed by atoms with Gasteiger partial charge in [-0.05, 0) is 24.3 Å². The van der Waals surface area contributed by atoms with E-state index in [1.165, 1.54) is 11.8 Å². The molecule has 4 rings (SSSR count). The minimum absolute atomic E-state index is 0.0758. The first-order valence-electron chi connectivity index (χ1n) is 8.24. The smallest absolute Gasteiger partial charge is 0.283 e. The van der Waals surface area contributed by atoms with Gasteiger partial charge in [0.05, 0.1) is 16.8 Å². The summed E-state index contributed by atoms with van der Waals surface area (Å²) in [5, 5.41) is 0.637. The number of H-pyrrole nitrogens is 1. The van der Waals surface area contributed by atoms with Crippen LogP contribution in [0.15, 0.2) is 53.7 Å². The van der Waals surface area contributed by atoms with E-state index < -0.39 is 12.0 Å². The van der Waals surface area contributed by atoms with Gasteiger partial charge in [-0.1, -0.05) is 36.0 Å². The number of thioether (sulfide) groups is 1. The fourth-order valence-electron chi connectivity index (χ4n) is 2.53. The van der Waals surface area contributed by atoms with Gasteiger partial charge < -0.3 is 14.5 Å². The van der Waals surface area contributed by atoms with Gasteiger partial charge in [-0.15, -0.1) is 0 Å². The zero-order valence-electron chi connectivity index (χ0n) is 14.1. The second kappa shape index (κ2) is 7.58. The van der Waals surface area contributed by atoms with Crippen LogP contribution in [0, 0.1) is 0 Å². The van der Waals surface area contributed by atoms with Gasteiger partial charge in [0.15, 0.2) is 16.7 Å². The van der Waals surface area contributed by atoms with Crippen molar-refractivity contribution in [1.82, 2.24) is 20.8 Å². The lowest BCUT2D eigenvalue weighted by molar-refractivity contribution is -0.134. The number of carbonyl (C=O) groups is 2. The molecule has 2 heterocycles. The molecule has 1 atom stereocenters. The predicted octanol–water partition coefficient (Wildman–Crippen LogP) is 1.64. The number of carbonyl (C=O) groups excluding carboxylic acids is 2. The van der Waals surface area contributed by atoms with Crippen molar-refractivity contribution >= 4 is 34.6 Å². The van der Waals surface area contributed by atoms with Gasteiger partial charge in [0.25, 0.3) is 5.91 Å². The fraction of sp³-hybridized carbons (Fsp3) is 0.167. The molecule has 0 unspecified atom stereocenters. The normalized spacial score (nSPS) is 15.3. The number of fused-ring (bicyclic) bond motifs is 2. The lowest BCUT2D eigenvalue weighted by Crippen LogP contribution is -2.51. The summed E-state index contributed by atoms with van der Waals surface area (Å²) in [5.74, 6) is 0.353. The maximum absolute atomic E-state index is 12.1. The van der Waals surface area contributed by atoms with Crippen LogP contribution in [0.1, 0.15) is 0 Å². The summed E-state index contributed by atoms with van der Waals surface area (Å²) in [7, 11) is 0. The first-order valence-corrected chi connectivity index (χ1v) is 9.22. The molecule has 0 fully saturated rings. The minimum Gasteiger partial charge on any atom is -0.485 e. The van der Waals surface area contributed by atoms with Crippen LogP contribution in [0.25, 0.3) is 11.0 Å². The lowest BCUT2D eigenvalue weighted by Gasteiger charge is -2.25. The van der Waals surface area contributed by atoms with Crippen LogP contribution in [0.2, 0.25) is 0 Å². The van der Waals surface area contributed by atoms with Crippen molar-refractivity contribution in [1.29, 1.82) is 0 Å². The summed E-state index contributed by atoms with van der Waals surface area (Å²) in [5.41, 5.74) is 6.47. The van der Waals surface area contributed by atoms with Crippen LogP contribution < -0.4 is 20.3 Å². The number of rotatable bonds is 4. The Labute approximate surface area is 158 Å². The zero-order chi connectivity index (χ0) is 18.6. The SMILES string of the molecule is O=C(CSc1nc2ccccc2[nH]1)NNC(=O)[C@H]1COc2ccccc2O1. The number of aromatic amines is 1. The molecule has 3 N–H and O–H groups in total. The molecule has 27 heavy (non-hydrogen) atoms. The molecule has 0 bridgehead atoms. The molecule has 1 aromatic heterocycles. The second-order valence-corrected chi connectivity index (χ2v) is 6.71. The fourth-order valence-corrected chi connectivity index (χ4v) is 3.21. The van der Waals surface area contributed by atoms with Gasteiger partial charge in [0, 0.05) is 0 Å². The summed E-state index contributed by atoms with van der Waals surface area (Å²) in [6, 6.07) is 14.7. The Hall–Kier alpha value is -3.20. The molecule has 0 aliphatic carbocycles. The zero-order valence-corrected chi connectivity index (χ0v) is 14.9. The van der Waals surface area contributed by atoms with Crippen molar-refractivity contribution in [2.45, 2.75) is 11.3 Å². The summed E-state index contributed by atoms with van der Waals surface area (Å²) < 4.78 is 11.1. The third-order valence-electron chi connectivity index (χ3n) is 3.83. The van der Waals surface area contributed by atoms with Crippen LogP contribution in [0.3, 0.4) is 0 Å². The maximum atomic E-state index is 12.1. The van der Waals surface area contributed by atoms with Crippen molar-refractivity contribution in [3.05, 3.63) is 48.5 Å². The molecule has 0 spiro atoms. The highest BCUT2D eigenvalue weighted by Crippen LogP contribution is 2.30. The molecule has 0 saturated heterocycles. The number of benzene rings is 2. The molecule has 1 aliphatic heterocycles. The average molecular weight is 384 g/mol. The van der Waals surface area contributed by atoms with E-state index in [9.17, 15) is 9.59 Å². The van der Waals surface area contributed by atoms with Gasteiger partial charge in [-0.2, -0.15) is 0 Å². The van der Waals surface area contributed by atoms with Crippen LogP contribution in [0.5, 0.6) is 11.5 Å². The van der Waals surface area contributed by atoms with Gasteiger partial charge in [0.2, 0.25) is 12.0 Å².